The van der Waals surface area contributed by atoms with Crippen LogP contribution < -0.4 is 9.80 Å². The fraction of sp³-hybridized carbons (Fsp3) is 0.0145. The average molecular weight is 931 g/mol. The predicted octanol–water partition coefficient (Wildman–Crippen LogP) is 19.1. The molecule has 2 heterocycles. The van der Waals surface area contributed by atoms with E-state index in [0.717, 1.165) is 94.2 Å². The lowest BCUT2D eigenvalue weighted by atomic mass is 9.70. The van der Waals surface area contributed by atoms with Gasteiger partial charge in [-0.05, 0) is 158 Å². The maximum absolute atomic E-state index is 7.11. The Labute approximate surface area is 420 Å². The van der Waals surface area contributed by atoms with E-state index in [2.05, 4.69) is 265 Å². The third kappa shape index (κ3) is 5.55. The molecule has 2 aliphatic rings. The summed E-state index contributed by atoms with van der Waals surface area (Å²) in [7, 11) is 0. The van der Waals surface area contributed by atoms with Crippen molar-refractivity contribution < 1.29 is 8.83 Å². The summed E-state index contributed by atoms with van der Waals surface area (Å²) in [5.74, 6) is 0. The van der Waals surface area contributed by atoms with Crippen molar-refractivity contribution in [3.63, 3.8) is 0 Å². The normalized spacial score (nSPS) is 13.0. The molecule has 0 amide bonds. The zero-order valence-corrected chi connectivity index (χ0v) is 39.5. The molecule has 1 spiro atoms. The summed E-state index contributed by atoms with van der Waals surface area (Å²) in [6.07, 6.45) is 0. The number of hydrogen-bond donors (Lipinski definition) is 0. The largest absolute Gasteiger partial charge is 0.456 e. The fourth-order valence-corrected chi connectivity index (χ4v) is 12.9. The molecule has 4 nitrogen and oxygen atoms in total. The Morgan fingerprint density at radius 1 is 0.288 bits per heavy atom. The molecular formula is C69H42N2O2. The molecule has 0 bridgehead atoms. The van der Waals surface area contributed by atoms with Crippen molar-refractivity contribution >= 4 is 99.5 Å². The molecule has 0 N–H and O–H groups in total. The topological polar surface area (TPSA) is 32.8 Å². The first-order chi connectivity index (χ1) is 36.2. The summed E-state index contributed by atoms with van der Waals surface area (Å²) in [5.41, 5.74) is 19.1. The monoisotopic (exact) mass is 930 g/mol. The molecule has 0 saturated carbocycles. The molecule has 0 saturated heterocycles. The summed E-state index contributed by atoms with van der Waals surface area (Å²) < 4.78 is 13.9. The SMILES string of the molecule is c1ccc(N(c2ccccc2)c2cc3c(c4cc5c(cc24)oc2ccccc25)-c2cc4c(cc2C32c3ccccc3-c3ccccc32)cc(N(c2ccccc2)c2ccccc2)c2oc3ccccc3c24)cc1. The van der Waals surface area contributed by atoms with Gasteiger partial charge < -0.3 is 18.6 Å². The van der Waals surface area contributed by atoms with E-state index in [-0.39, 0.29) is 0 Å². The maximum atomic E-state index is 7.11. The van der Waals surface area contributed by atoms with Gasteiger partial charge in [-0.1, -0.05) is 158 Å². The molecule has 16 rings (SSSR count). The number of benzene rings is 12. The first-order valence-electron chi connectivity index (χ1n) is 25.1. The van der Waals surface area contributed by atoms with Crippen LogP contribution in [0.5, 0.6) is 0 Å². The van der Waals surface area contributed by atoms with Crippen molar-refractivity contribution in [2.24, 2.45) is 0 Å². The van der Waals surface area contributed by atoms with E-state index in [1.54, 1.807) is 0 Å². The van der Waals surface area contributed by atoms with Gasteiger partial charge in [0.15, 0.2) is 5.58 Å². The van der Waals surface area contributed by atoms with Crippen molar-refractivity contribution in [3.05, 3.63) is 277 Å². The van der Waals surface area contributed by atoms with Crippen LogP contribution in [-0.2, 0) is 5.41 Å². The molecule has 2 aromatic heterocycles. The van der Waals surface area contributed by atoms with Crippen molar-refractivity contribution in [1.29, 1.82) is 0 Å². The number of fused-ring (bicyclic) bond motifs is 20. The number of furan rings is 2. The number of rotatable bonds is 6. The number of nitrogens with zero attached hydrogens (tertiary/aromatic N) is 2. The van der Waals surface area contributed by atoms with E-state index >= 15 is 0 Å². The lowest BCUT2D eigenvalue weighted by Gasteiger charge is -2.33. The van der Waals surface area contributed by atoms with Gasteiger partial charge in [0.2, 0.25) is 0 Å². The van der Waals surface area contributed by atoms with E-state index in [9.17, 15) is 0 Å². The zero-order valence-electron chi connectivity index (χ0n) is 39.5. The van der Waals surface area contributed by atoms with Gasteiger partial charge in [-0.25, -0.2) is 0 Å². The lowest BCUT2D eigenvalue weighted by Crippen LogP contribution is -2.26. The second-order valence-corrected chi connectivity index (χ2v) is 19.5. The predicted molar refractivity (Wildman–Crippen MR) is 302 cm³/mol. The van der Waals surface area contributed by atoms with Crippen molar-refractivity contribution in [2.75, 3.05) is 9.80 Å². The van der Waals surface area contributed by atoms with Gasteiger partial charge in [-0.3, -0.25) is 0 Å². The van der Waals surface area contributed by atoms with Crippen LogP contribution in [0.2, 0.25) is 0 Å². The molecule has 2 aliphatic carbocycles. The number of para-hydroxylation sites is 6. The molecule has 0 aliphatic heterocycles. The van der Waals surface area contributed by atoms with Crippen LogP contribution in [-0.4, -0.2) is 0 Å². The van der Waals surface area contributed by atoms with Crippen LogP contribution in [0.15, 0.2) is 264 Å². The van der Waals surface area contributed by atoms with Crippen LogP contribution in [0.3, 0.4) is 0 Å². The van der Waals surface area contributed by atoms with Crippen LogP contribution in [0, 0.1) is 0 Å². The molecule has 0 unspecified atom stereocenters. The van der Waals surface area contributed by atoms with Crippen LogP contribution in [0.1, 0.15) is 22.3 Å². The maximum Gasteiger partial charge on any atom is 0.160 e. The summed E-state index contributed by atoms with van der Waals surface area (Å²) in [4.78, 5) is 4.79. The van der Waals surface area contributed by atoms with Crippen LogP contribution in [0.4, 0.5) is 34.1 Å². The van der Waals surface area contributed by atoms with Gasteiger partial charge in [0, 0.05) is 49.7 Å². The van der Waals surface area contributed by atoms with Crippen molar-refractivity contribution in [1.82, 2.24) is 0 Å². The molecule has 12 aromatic carbocycles. The highest BCUT2D eigenvalue weighted by Gasteiger charge is 2.53. The van der Waals surface area contributed by atoms with E-state index in [1.807, 2.05) is 0 Å². The molecule has 73 heavy (non-hydrogen) atoms. The highest BCUT2D eigenvalue weighted by atomic mass is 16.3. The average Bonchev–Trinajstić information content (AvgIpc) is 4.28. The quantitative estimate of drug-likeness (QED) is 0.166. The third-order valence-electron chi connectivity index (χ3n) is 15.8. The van der Waals surface area contributed by atoms with Gasteiger partial charge in [0.25, 0.3) is 0 Å². The minimum atomic E-state index is -0.687. The number of hydrogen-bond acceptors (Lipinski definition) is 4. The zero-order chi connectivity index (χ0) is 47.8. The third-order valence-corrected chi connectivity index (χ3v) is 15.8. The van der Waals surface area contributed by atoms with Gasteiger partial charge >= 0.3 is 0 Å². The highest BCUT2D eigenvalue weighted by Crippen LogP contribution is 2.66. The van der Waals surface area contributed by atoms with Gasteiger partial charge in [0.05, 0.1) is 16.8 Å². The summed E-state index contributed by atoms with van der Waals surface area (Å²) in [5, 5.41) is 8.95. The molecule has 4 heteroatoms. The van der Waals surface area contributed by atoms with Crippen LogP contribution >= 0.6 is 0 Å². The van der Waals surface area contributed by atoms with Crippen LogP contribution in [0.25, 0.3) is 87.7 Å². The van der Waals surface area contributed by atoms with Crippen molar-refractivity contribution in [3.8, 4) is 22.3 Å². The fourth-order valence-electron chi connectivity index (χ4n) is 12.9. The Kier molecular flexibility index (Phi) is 8.35. The summed E-state index contributed by atoms with van der Waals surface area (Å²) >= 11 is 0. The molecule has 14 aromatic rings. The minimum absolute atomic E-state index is 0.687. The van der Waals surface area contributed by atoms with Crippen molar-refractivity contribution in [2.45, 2.75) is 5.41 Å². The van der Waals surface area contributed by atoms with Gasteiger partial charge in [-0.15, -0.1) is 0 Å². The summed E-state index contributed by atoms with van der Waals surface area (Å²) in [6.45, 7) is 0. The first kappa shape index (κ1) is 40.1. The Hall–Kier alpha value is -9.64. The highest BCUT2D eigenvalue weighted by molar-refractivity contribution is 6.26. The van der Waals surface area contributed by atoms with E-state index in [1.165, 1.54) is 49.9 Å². The van der Waals surface area contributed by atoms with E-state index < -0.39 is 5.41 Å². The molecule has 0 fully saturated rings. The standard InChI is InChI=1S/C69H42N2O2/c1-5-21-44(22-6-1)70(45-23-7-2-8-24-45)61-42-60-66(55-40-54-50-31-15-19-35-63(50)72-65(54)41-53(55)61)56-39-52-43(37-59(56)69(60)57-33-17-13-29-48(57)49-30-14-18-34-58(49)69)38-62(68-67(52)51-32-16-20-36-64(51)73-68)71(46-25-9-3-10-26-46)47-27-11-4-12-28-47/h1-42H. The lowest BCUT2D eigenvalue weighted by molar-refractivity contribution is 0.669. The smallest absolute Gasteiger partial charge is 0.160 e. The van der Waals surface area contributed by atoms with Gasteiger partial charge in [0.1, 0.15) is 16.7 Å². The Morgan fingerprint density at radius 2 is 0.795 bits per heavy atom. The molecule has 0 atom stereocenters. The number of anilines is 6. The van der Waals surface area contributed by atoms with E-state index in [4.69, 9.17) is 8.83 Å². The molecular weight excluding hydrogens is 889 g/mol. The second-order valence-electron chi connectivity index (χ2n) is 19.5. The Morgan fingerprint density at radius 3 is 1.40 bits per heavy atom. The summed E-state index contributed by atoms with van der Waals surface area (Å²) in [6, 6.07) is 92.8. The Bertz CT molecular complexity index is 4430. The van der Waals surface area contributed by atoms with Gasteiger partial charge in [-0.2, -0.15) is 0 Å². The first-order valence-corrected chi connectivity index (χ1v) is 25.1. The molecule has 0 radical (unpaired) electrons. The van der Waals surface area contributed by atoms with E-state index in [0.29, 0.717) is 0 Å². The molecule has 340 valence electrons. The Balaban J connectivity index is 1.11. The minimum Gasteiger partial charge on any atom is -0.456 e. The second kappa shape index (κ2) is 15.2.